The van der Waals surface area contributed by atoms with Gasteiger partial charge in [-0.3, -0.25) is 0 Å². The van der Waals surface area contributed by atoms with Crippen LogP contribution in [0.25, 0.3) is 0 Å². The second kappa shape index (κ2) is 5.32. The summed E-state index contributed by atoms with van der Waals surface area (Å²) in [5, 5.41) is 0. The van der Waals surface area contributed by atoms with Gasteiger partial charge < -0.3 is 15.4 Å². The first-order valence-corrected chi connectivity index (χ1v) is 5.93. The van der Waals surface area contributed by atoms with Crippen LogP contribution in [0.5, 0.6) is 0 Å². The Labute approximate surface area is 97.2 Å². The molecule has 0 unspecified atom stereocenters. The van der Waals surface area contributed by atoms with E-state index in [1.807, 2.05) is 6.92 Å². The number of morpholine rings is 1. The van der Waals surface area contributed by atoms with Crippen molar-refractivity contribution in [3.8, 4) is 0 Å². The molecular weight excluding hydrogens is 200 g/mol. The zero-order valence-electron chi connectivity index (χ0n) is 9.86. The molecule has 1 atom stereocenters. The summed E-state index contributed by atoms with van der Waals surface area (Å²) in [6, 6.07) is 8.95. The highest BCUT2D eigenvalue weighted by atomic mass is 16.5. The van der Waals surface area contributed by atoms with Gasteiger partial charge in [0.2, 0.25) is 0 Å². The molecular formula is C13H20N2O. The molecule has 1 saturated heterocycles. The van der Waals surface area contributed by atoms with Crippen LogP contribution in [0.4, 0.5) is 5.69 Å². The minimum atomic E-state index is 0.231. The molecule has 3 nitrogen and oxygen atoms in total. The van der Waals surface area contributed by atoms with E-state index in [0.29, 0.717) is 0 Å². The van der Waals surface area contributed by atoms with E-state index in [2.05, 4.69) is 29.2 Å². The molecule has 0 bridgehead atoms. The Kier molecular flexibility index (Phi) is 3.80. The van der Waals surface area contributed by atoms with Crippen molar-refractivity contribution in [2.75, 3.05) is 31.2 Å². The minimum Gasteiger partial charge on any atom is -0.378 e. The first kappa shape index (κ1) is 11.4. The van der Waals surface area contributed by atoms with Crippen molar-refractivity contribution in [3.05, 3.63) is 29.8 Å². The summed E-state index contributed by atoms with van der Waals surface area (Å²) in [7, 11) is 0. The Morgan fingerprint density at radius 3 is 2.44 bits per heavy atom. The lowest BCUT2D eigenvalue weighted by atomic mass is 10.1. The van der Waals surface area contributed by atoms with Crippen molar-refractivity contribution in [2.45, 2.75) is 19.4 Å². The summed E-state index contributed by atoms with van der Waals surface area (Å²) in [5.41, 5.74) is 8.38. The average Bonchev–Trinajstić information content (AvgIpc) is 2.30. The van der Waals surface area contributed by atoms with E-state index in [1.54, 1.807) is 0 Å². The lowest BCUT2D eigenvalue weighted by molar-refractivity contribution is 0.122. The van der Waals surface area contributed by atoms with Gasteiger partial charge in [-0.25, -0.2) is 0 Å². The van der Waals surface area contributed by atoms with Crippen LogP contribution in [0.15, 0.2) is 24.3 Å². The summed E-state index contributed by atoms with van der Waals surface area (Å²) in [6.45, 7) is 5.69. The second-order valence-corrected chi connectivity index (χ2v) is 4.45. The van der Waals surface area contributed by atoms with E-state index in [-0.39, 0.29) is 6.04 Å². The fourth-order valence-electron chi connectivity index (χ4n) is 2.04. The van der Waals surface area contributed by atoms with Crippen LogP contribution >= 0.6 is 0 Å². The third-order valence-corrected chi connectivity index (χ3v) is 2.87. The van der Waals surface area contributed by atoms with Crippen molar-refractivity contribution in [2.24, 2.45) is 5.73 Å². The Hall–Kier alpha value is -1.06. The van der Waals surface area contributed by atoms with Crippen molar-refractivity contribution in [3.63, 3.8) is 0 Å². The van der Waals surface area contributed by atoms with Gasteiger partial charge in [0.15, 0.2) is 0 Å². The van der Waals surface area contributed by atoms with Crippen LogP contribution in [0.2, 0.25) is 0 Å². The first-order valence-electron chi connectivity index (χ1n) is 5.93. The molecule has 1 aliphatic heterocycles. The van der Waals surface area contributed by atoms with Gasteiger partial charge in [-0.2, -0.15) is 0 Å². The van der Waals surface area contributed by atoms with Gasteiger partial charge in [0.25, 0.3) is 0 Å². The van der Waals surface area contributed by atoms with Gasteiger partial charge >= 0.3 is 0 Å². The standard InChI is InChI=1S/C13H20N2O/c1-11(14)10-12-2-4-13(5-3-12)15-6-8-16-9-7-15/h2-5,11H,6-10,14H2,1H3/t11-/m1/s1. The molecule has 1 heterocycles. The molecule has 88 valence electrons. The average molecular weight is 220 g/mol. The lowest BCUT2D eigenvalue weighted by Crippen LogP contribution is -2.36. The topological polar surface area (TPSA) is 38.5 Å². The number of benzene rings is 1. The van der Waals surface area contributed by atoms with Crippen molar-refractivity contribution < 1.29 is 4.74 Å². The summed E-state index contributed by atoms with van der Waals surface area (Å²) in [6.07, 6.45) is 0.948. The van der Waals surface area contributed by atoms with Gasteiger partial charge in [0.1, 0.15) is 0 Å². The predicted molar refractivity (Wildman–Crippen MR) is 66.8 cm³/mol. The maximum absolute atomic E-state index is 5.78. The Bertz CT molecular complexity index is 315. The van der Waals surface area contributed by atoms with Crippen molar-refractivity contribution >= 4 is 5.69 Å². The highest BCUT2D eigenvalue weighted by molar-refractivity contribution is 5.48. The van der Waals surface area contributed by atoms with Gasteiger partial charge in [0.05, 0.1) is 13.2 Å². The van der Waals surface area contributed by atoms with E-state index in [4.69, 9.17) is 10.5 Å². The number of rotatable bonds is 3. The van der Waals surface area contributed by atoms with Crippen LogP contribution < -0.4 is 10.6 Å². The highest BCUT2D eigenvalue weighted by Gasteiger charge is 2.10. The predicted octanol–water partition coefficient (Wildman–Crippen LogP) is 1.41. The van der Waals surface area contributed by atoms with Crippen molar-refractivity contribution in [1.29, 1.82) is 0 Å². The fraction of sp³-hybridized carbons (Fsp3) is 0.538. The molecule has 1 aromatic rings. The first-order chi connectivity index (χ1) is 7.75. The largest absolute Gasteiger partial charge is 0.378 e. The molecule has 0 spiro atoms. The molecule has 3 heteroatoms. The van der Waals surface area contributed by atoms with E-state index in [9.17, 15) is 0 Å². The number of nitrogens with zero attached hydrogens (tertiary/aromatic N) is 1. The number of anilines is 1. The number of ether oxygens (including phenoxy) is 1. The smallest absolute Gasteiger partial charge is 0.0642 e. The molecule has 16 heavy (non-hydrogen) atoms. The zero-order chi connectivity index (χ0) is 11.4. The number of nitrogens with two attached hydrogens (primary N) is 1. The monoisotopic (exact) mass is 220 g/mol. The third kappa shape index (κ3) is 2.97. The molecule has 1 aromatic carbocycles. The molecule has 1 fully saturated rings. The summed E-state index contributed by atoms with van der Waals surface area (Å²) in [4.78, 5) is 2.36. The van der Waals surface area contributed by atoms with Gasteiger partial charge in [-0.1, -0.05) is 12.1 Å². The highest BCUT2D eigenvalue weighted by Crippen LogP contribution is 2.17. The fourth-order valence-corrected chi connectivity index (χ4v) is 2.04. The number of hydrogen-bond donors (Lipinski definition) is 1. The molecule has 0 amide bonds. The van der Waals surface area contributed by atoms with Crippen LogP contribution in [-0.4, -0.2) is 32.3 Å². The Balaban J connectivity index is 2.00. The molecule has 0 saturated carbocycles. The van der Waals surface area contributed by atoms with Gasteiger partial charge in [0, 0.05) is 24.8 Å². The third-order valence-electron chi connectivity index (χ3n) is 2.87. The zero-order valence-corrected chi connectivity index (χ0v) is 9.86. The van der Waals surface area contributed by atoms with E-state index in [0.717, 1.165) is 32.7 Å². The summed E-state index contributed by atoms with van der Waals surface area (Å²) in [5.74, 6) is 0. The molecule has 0 radical (unpaired) electrons. The molecule has 0 aliphatic carbocycles. The molecule has 2 rings (SSSR count). The lowest BCUT2D eigenvalue weighted by Gasteiger charge is -2.29. The Morgan fingerprint density at radius 2 is 1.88 bits per heavy atom. The van der Waals surface area contributed by atoms with Crippen LogP contribution in [-0.2, 0) is 11.2 Å². The second-order valence-electron chi connectivity index (χ2n) is 4.45. The molecule has 0 aromatic heterocycles. The summed E-state index contributed by atoms with van der Waals surface area (Å²) < 4.78 is 5.34. The Morgan fingerprint density at radius 1 is 1.25 bits per heavy atom. The SMILES string of the molecule is C[C@@H](N)Cc1ccc(N2CCOCC2)cc1. The maximum atomic E-state index is 5.78. The van der Waals surface area contributed by atoms with Gasteiger partial charge in [-0.05, 0) is 31.0 Å². The van der Waals surface area contributed by atoms with Crippen molar-refractivity contribution in [1.82, 2.24) is 0 Å². The maximum Gasteiger partial charge on any atom is 0.0642 e. The van der Waals surface area contributed by atoms with Crippen LogP contribution in [0, 0.1) is 0 Å². The number of hydrogen-bond acceptors (Lipinski definition) is 3. The van der Waals surface area contributed by atoms with E-state index < -0.39 is 0 Å². The van der Waals surface area contributed by atoms with E-state index >= 15 is 0 Å². The molecule has 2 N–H and O–H groups in total. The van der Waals surface area contributed by atoms with Crippen LogP contribution in [0.3, 0.4) is 0 Å². The van der Waals surface area contributed by atoms with Crippen LogP contribution in [0.1, 0.15) is 12.5 Å². The quantitative estimate of drug-likeness (QED) is 0.837. The molecule has 1 aliphatic rings. The normalized spacial score (nSPS) is 18.5. The van der Waals surface area contributed by atoms with E-state index in [1.165, 1.54) is 11.3 Å². The van der Waals surface area contributed by atoms with Gasteiger partial charge in [-0.15, -0.1) is 0 Å². The summed E-state index contributed by atoms with van der Waals surface area (Å²) >= 11 is 0. The minimum absolute atomic E-state index is 0.231.